The minimum absolute atomic E-state index is 0.0130. The van der Waals surface area contributed by atoms with E-state index in [9.17, 15) is 18.3 Å². The Morgan fingerprint density at radius 2 is 2.11 bits per heavy atom. The van der Waals surface area contributed by atoms with Crippen LogP contribution in [0.25, 0.3) is 0 Å². The van der Waals surface area contributed by atoms with Crippen LogP contribution in [0.2, 0.25) is 5.02 Å². The normalized spacial score (nSPS) is 21.0. The molecule has 1 aromatic carbocycles. The first-order chi connectivity index (χ1) is 17.0. The highest BCUT2D eigenvalue weighted by Crippen LogP contribution is 2.36. The highest BCUT2D eigenvalue weighted by Gasteiger charge is 2.35. The van der Waals surface area contributed by atoms with Crippen LogP contribution in [0.15, 0.2) is 42.9 Å². The van der Waals surface area contributed by atoms with E-state index in [1.165, 1.54) is 23.9 Å². The first kappa shape index (κ1) is 26.8. The summed E-state index contributed by atoms with van der Waals surface area (Å²) in [5, 5.41) is 15.9. The van der Waals surface area contributed by atoms with Crippen molar-refractivity contribution in [1.29, 1.82) is 0 Å². The fraction of sp³-hybridized carbons (Fsp3) is 0.400. The van der Waals surface area contributed by atoms with Gasteiger partial charge in [-0.1, -0.05) is 30.7 Å². The molecule has 1 aliphatic rings. The lowest BCUT2D eigenvalue weighted by Crippen LogP contribution is -2.24. The van der Waals surface area contributed by atoms with Crippen molar-refractivity contribution < 1.29 is 22.5 Å². The van der Waals surface area contributed by atoms with E-state index in [1.807, 2.05) is 37.3 Å². The molecule has 1 fully saturated rings. The third-order valence-electron chi connectivity index (χ3n) is 6.72. The van der Waals surface area contributed by atoms with Crippen LogP contribution >= 0.6 is 22.9 Å². The molecule has 11 heteroatoms. The molecule has 2 aromatic heterocycles. The zero-order valence-electron chi connectivity index (χ0n) is 19.9. The van der Waals surface area contributed by atoms with Gasteiger partial charge in [0.05, 0.1) is 28.8 Å². The van der Waals surface area contributed by atoms with Gasteiger partial charge in [-0.3, -0.25) is 8.98 Å². The molecule has 3 aromatic rings. The molecular formula is C25H28ClN3O5S2. The average molecular weight is 550 g/mol. The van der Waals surface area contributed by atoms with Crippen LogP contribution in [0.1, 0.15) is 62.6 Å². The number of nitrogens with zero attached hydrogens (tertiary/aromatic N) is 2. The molecule has 0 bridgehead atoms. The number of hydrogen-bond donors (Lipinski definition) is 2. The Bertz CT molecular complexity index is 1360. The van der Waals surface area contributed by atoms with Crippen molar-refractivity contribution in [3.05, 3.63) is 80.0 Å². The number of aliphatic hydroxyl groups excluding tert-OH is 1. The van der Waals surface area contributed by atoms with Gasteiger partial charge in [-0.25, -0.2) is 15.1 Å². The number of aromatic nitrogens is 2. The number of nitrogens with two attached hydrogens (primary N) is 1. The largest absolute Gasteiger partial charge is 0.393 e. The van der Waals surface area contributed by atoms with Crippen molar-refractivity contribution in [2.75, 3.05) is 6.61 Å². The van der Waals surface area contributed by atoms with Gasteiger partial charge in [0.2, 0.25) is 5.78 Å². The zero-order valence-corrected chi connectivity index (χ0v) is 22.3. The third-order valence-corrected chi connectivity index (χ3v) is 8.48. The van der Waals surface area contributed by atoms with Crippen molar-refractivity contribution in [3.8, 4) is 0 Å². The van der Waals surface area contributed by atoms with Crippen LogP contribution in [0.4, 0.5) is 0 Å². The monoisotopic (exact) mass is 549 g/mol. The fourth-order valence-corrected chi connectivity index (χ4v) is 6.49. The van der Waals surface area contributed by atoms with Crippen molar-refractivity contribution in [1.82, 2.24) is 9.97 Å². The second-order valence-electron chi connectivity index (χ2n) is 9.26. The van der Waals surface area contributed by atoms with E-state index in [2.05, 4.69) is 21.1 Å². The Hall–Kier alpha value is -2.21. The van der Waals surface area contributed by atoms with Crippen molar-refractivity contribution in [2.45, 2.75) is 45.1 Å². The molecule has 0 radical (unpaired) electrons. The van der Waals surface area contributed by atoms with Gasteiger partial charge in [0.1, 0.15) is 6.33 Å². The maximum atomic E-state index is 13.5. The van der Waals surface area contributed by atoms with E-state index in [0.29, 0.717) is 40.4 Å². The van der Waals surface area contributed by atoms with Crippen LogP contribution in [-0.2, 0) is 20.9 Å². The van der Waals surface area contributed by atoms with Gasteiger partial charge in [-0.15, -0.1) is 11.3 Å². The number of halogens is 1. The molecule has 4 rings (SSSR count). The maximum absolute atomic E-state index is 13.5. The van der Waals surface area contributed by atoms with E-state index >= 15 is 0 Å². The summed E-state index contributed by atoms with van der Waals surface area (Å²) in [7, 11) is -4.07. The van der Waals surface area contributed by atoms with E-state index < -0.39 is 16.4 Å². The van der Waals surface area contributed by atoms with Gasteiger partial charge in [0, 0.05) is 27.9 Å². The molecule has 36 heavy (non-hydrogen) atoms. The molecule has 0 amide bonds. The Kier molecular flexibility index (Phi) is 8.23. The number of carbonyl (C=O) groups is 1. The van der Waals surface area contributed by atoms with Crippen LogP contribution in [0.5, 0.6) is 0 Å². The summed E-state index contributed by atoms with van der Waals surface area (Å²) < 4.78 is 26.9. The molecule has 0 spiro atoms. The summed E-state index contributed by atoms with van der Waals surface area (Å²) in [6.07, 6.45) is 3.68. The van der Waals surface area contributed by atoms with E-state index in [0.717, 1.165) is 16.0 Å². The minimum Gasteiger partial charge on any atom is -0.393 e. The first-order valence-corrected chi connectivity index (χ1v) is 14.2. The lowest BCUT2D eigenvalue weighted by atomic mass is 9.92. The molecule has 192 valence electrons. The number of aliphatic hydroxyl groups is 1. The van der Waals surface area contributed by atoms with Gasteiger partial charge in [-0.2, -0.15) is 8.42 Å². The summed E-state index contributed by atoms with van der Waals surface area (Å²) in [6.45, 7) is 3.92. The van der Waals surface area contributed by atoms with E-state index in [1.54, 1.807) is 0 Å². The van der Waals surface area contributed by atoms with Crippen LogP contribution in [0.3, 0.4) is 0 Å². The minimum atomic E-state index is -4.07. The smallest absolute Gasteiger partial charge is 0.333 e. The Balaban J connectivity index is 1.51. The number of rotatable bonds is 9. The predicted octanol–water partition coefficient (Wildman–Crippen LogP) is 4.03. The second-order valence-corrected chi connectivity index (χ2v) is 12.2. The first-order valence-electron chi connectivity index (χ1n) is 11.6. The second kappa shape index (κ2) is 11.0. The Labute approximate surface area is 219 Å². The number of hydrogen-bond acceptors (Lipinski definition) is 8. The number of benzene rings is 1. The highest BCUT2D eigenvalue weighted by atomic mass is 35.5. The number of aryl methyl sites for hydroxylation is 1. The molecule has 1 unspecified atom stereocenters. The van der Waals surface area contributed by atoms with Crippen LogP contribution < -0.4 is 5.14 Å². The van der Waals surface area contributed by atoms with Gasteiger partial charge in [0.15, 0.2) is 0 Å². The molecule has 0 saturated heterocycles. The van der Waals surface area contributed by atoms with Crippen LogP contribution in [0, 0.1) is 18.8 Å². The van der Waals surface area contributed by atoms with E-state index in [-0.39, 0.29) is 30.1 Å². The van der Waals surface area contributed by atoms with Crippen molar-refractivity contribution >= 4 is 39.0 Å². The van der Waals surface area contributed by atoms with Crippen molar-refractivity contribution in [3.63, 3.8) is 0 Å². The molecule has 0 aliphatic heterocycles. The molecule has 4 atom stereocenters. The SMILES string of the molecule is Cc1sc(C(=O)c2cncnc2C[C@@H]2C[C@H](COS(N)(=O)=O)[C@@H](O)C2)cc1C(C)c1cccc(Cl)c1. The van der Waals surface area contributed by atoms with Crippen molar-refractivity contribution in [2.24, 2.45) is 17.0 Å². The molecule has 3 N–H and O–H groups in total. The van der Waals surface area contributed by atoms with Gasteiger partial charge in [-0.05, 0) is 61.4 Å². The molecule has 1 aliphatic carbocycles. The van der Waals surface area contributed by atoms with Gasteiger partial charge >= 0.3 is 10.3 Å². The number of carbonyl (C=O) groups excluding carboxylic acids is 1. The molecular weight excluding hydrogens is 522 g/mol. The summed E-state index contributed by atoms with van der Waals surface area (Å²) in [6, 6.07) is 9.65. The number of thiophene rings is 1. The summed E-state index contributed by atoms with van der Waals surface area (Å²) in [5.41, 5.74) is 3.18. The van der Waals surface area contributed by atoms with Gasteiger partial charge in [0.25, 0.3) is 0 Å². The molecule has 2 heterocycles. The standard InChI is InChI=1S/C25H28ClN3O5S2/c1-14(17-4-3-5-19(26)9-17)20-10-24(35-15(20)2)25(31)21-11-28-13-29-22(21)7-16-6-18(23(30)8-16)12-34-36(27,32)33/h3-5,9-11,13-14,16,18,23,30H,6-8,12H2,1-2H3,(H2,27,32,33)/t14?,16-,18+,23-/m0/s1. The maximum Gasteiger partial charge on any atom is 0.333 e. The quantitative estimate of drug-likeness (QED) is 0.385. The topological polar surface area (TPSA) is 132 Å². The third kappa shape index (κ3) is 6.37. The molecule has 8 nitrogen and oxygen atoms in total. The summed E-state index contributed by atoms with van der Waals surface area (Å²) in [4.78, 5) is 23.6. The summed E-state index contributed by atoms with van der Waals surface area (Å²) in [5.74, 6) is -0.413. The molecule has 1 saturated carbocycles. The average Bonchev–Trinajstić information content (AvgIpc) is 3.38. The summed E-state index contributed by atoms with van der Waals surface area (Å²) >= 11 is 7.62. The van der Waals surface area contributed by atoms with Gasteiger partial charge < -0.3 is 5.11 Å². The Morgan fingerprint density at radius 3 is 2.83 bits per heavy atom. The predicted molar refractivity (Wildman–Crippen MR) is 138 cm³/mol. The Morgan fingerprint density at radius 1 is 1.33 bits per heavy atom. The van der Waals surface area contributed by atoms with Crippen LogP contribution in [-0.4, -0.2) is 42.0 Å². The van der Waals surface area contributed by atoms with E-state index in [4.69, 9.17) is 16.7 Å². The fourth-order valence-electron chi connectivity index (χ4n) is 4.85. The number of ketones is 1. The zero-order chi connectivity index (χ0) is 26.0. The lowest BCUT2D eigenvalue weighted by molar-refractivity contribution is 0.100. The highest BCUT2D eigenvalue weighted by molar-refractivity contribution is 7.84. The lowest BCUT2D eigenvalue weighted by Gasteiger charge is -2.13.